The first-order valence-electron chi connectivity index (χ1n) is 9.09. The van der Waals surface area contributed by atoms with Gasteiger partial charge in [-0.05, 0) is 57.5 Å². The first-order chi connectivity index (χ1) is 12.7. The molecular formula is C17H25FN2O5S2. The normalized spacial score (nSPS) is 24.1. The van der Waals surface area contributed by atoms with Crippen molar-refractivity contribution >= 4 is 19.9 Å². The van der Waals surface area contributed by atoms with Gasteiger partial charge in [0.05, 0.1) is 23.0 Å². The van der Waals surface area contributed by atoms with Crippen LogP contribution in [0.25, 0.3) is 0 Å². The summed E-state index contributed by atoms with van der Waals surface area (Å²) in [6.07, 6.45) is 1.83. The van der Waals surface area contributed by atoms with Gasteiger partial charge in [-0.15, -0.1) is 0 Å². The highest BCUT2D eigenvalue weighted by atomic mass is 32.2. The molecule has 1 atom stereocenters. The minimum Gasteiger partial charge on any atom is -0.491 e. The molecule has 0 aliphatic carbocycles. The van der Waals surface area contributed by atoms with Gasteiger partial charge < -0.3 is 4.74 Å². The summed E-state index contributed by atoms with van der Waals surface area (Å²) in [6.45, 7) is 3.30. The minimum absolute atomic E-state index is 0.0243. The number of hydrogen-bond acceptors (Lipinski definition) is 6. The molecule has 2 aliphatic heterocycles. The van der Waals surface area contributed by atoms with Crippen LogP contribution in [0, 0.1) is 5.82 Å². The molecule has 1 aromatic rings. The highest BCUT2D eigenvalue weighted by Gasteiger charge is 2.34. The molecule has 10 heteroatoms. The van der Waals surface area contributed by atoms with Crippen LogP contribution >= 0.6 is 0 Å². The van der Waals surface area contributed by atoms with Gasteiger partial charge in [-0.2, -0.15) is 0 Å². The molecule has 7 nitrogen and oxygen atoms in total. The molecular weight excluding hydrogens is 395 g/mol. The van der Waals surface area contributed by atoms with Crippen LogP contribution in [0.15, 0.2) is 23.1 Å². The first kappa shape index (κ1) is 20.5. The topological polar surface area (TPSA) is 92.8 Å². The Morgan fingerprint density at radius 1 is 1.26 bits per heavy atom. The maximum Gasteiger partial charge on any atom is 0.240 e. The minimum atomic E-state index is -3.83. The van der Waals surface area contributed by atoms with E-state index in [0.717, 1.165) is 6.07 Å². The highest BCUT2D eigenvalue weighted by Crippen LogP contribution is 2.24. The van der Waals surface area contributed by atoms with E-state index in [2.05, 4.69) is 9.62 Å². The van der Waals surface area contributed by atoms with Gasteiger partial charge in [0.2, 0.25) is 10.0 Å². The van der Waals surface area contributed by atoms with Crippen LogP contribution in [0.4, 0.5) is 4.39 Å². The zero-order chi connectivity index (χ0) is 19.7. The van der Waals surface area contributed by atoms with Crippen LogP contribution in [0.3, 0.4) is 0 Å². The molecule has 152 valence electrons. The quantitative estimate of drug-likeness (QED) is 0.742. The van der Waals surface area contributed by atoms with Gasteiger partial charge in [0.1, 0.15) is 0 Å². The fraction of sp³-hybridized carbons (Fsp3) is 0.647. The van der Waals surface area contributed by atoms with Crippen LogP contribution in [0.2, 0.25) is 0 Å². The molecule has 0 aromatic heterocycles. The van der Waals surface area contributed by atoms with Crippen molar-refractivity contribution in [2.45, 2.75) is 43.2 Å². The van der Waals surface area contributed by atoms with Crippen molar-refractivity contribution in [3.05, 3.63) is 24.0 Å². The molecule has 2 heterocycles. The van der Waals surface area contributed by atoms with Crippen LogP contribution in [-0.2, 0) is 19.9 Å². The van der Waals surface area contributed by atoms with E-state index in [1.807, 2.05) is 0 Å². The molecule has 3 rings (SSSR count). The zero-order valence-corrected chi connectivity index (χ0v) is 16.9. The molecule has 0 amide bonds. The van der Waals surface area contributed by atoms with Gasteiger partial charge >= 0.3 is 0 Å². The number of nitrogens with one attached hydrogen (secondary N) is 1. The van der Waals surface area contributed by atoms with Crippen molar-refractivity contribution in [2.24, 2.45) is 0 Å². The summed E-state index contributed by atoms with van der Waals surface area (Å²) in [7, 11) is -6.76. The molecule has 0 radical (unpaired) electrons. The van der Waals surface area contributed by atoms with E-state index in [-0.39, 0.29) is 34.2 Å². The second-order valence-corrected chi connectivity index (χ2v) is 11.0. The van der Waals surface area contributed by atoms with Crippen molar-refractivity contribution in [1.29, 1.82) is 0 Å². The van der Waals surface area contributed by atoms with Gasteiger partial charge in [0, 0.05) is 12.1 Å². The lowest BCUT2D eigenvalue weighted by molar-refractivity contribution is 0.161. The predicted molar refractivity (Wildman–Crippen MR) is 99.5 cm³/mol. The Kier molecular flexibility index (Phi) is 6.09. The Morgan fingerprint density at radius 2 is 1.96 bits per heavy atom. The fourth-order valence-electron chi connectivity index (χ4n) is 3.65. The number of sulfonamides is 1. The smallest absolute Gasteiger partial charge is 0.240 e. The molecule has 1 aromatic carbocycles. The molecule has 2 fully saturated rings. The Labute approximate surface area is 159 Å². The van der Waals surface area contributed by atoms with Gasteiger partial charge in [0.15, 0.2) is 21.4 Å². The third kappa shape index (κ3) is 4.98. The maximum atomic E-state index is 14.0. The van der Waals surface area contributed by atoms with Crippen molar-refractivity contribution in [1.82, 2.24) is 9.62 Å². The number of ether oxygens (including phenoxy) is 1. The van der Waals surface area contributed by atoms with Crippen LogP contribution in [0.5, 0.6) is 5.75 Å². The van der Waals surface area contributed by atoms with Crippen molar-refractivity contribution in [3.63, 3.8) is 0 Å². The summed E-state index contributed by atoms with van der Waals surface area (Å²) in [6, 6.07) is 3.39. The third-order valence-electron chi connectivity index (χ3n) is 5.09. The number of rotatable bonds is 6. The molecule has 0 saturated carbocycles. The Bertz CT molecular complexity index is 881. The average Bonchev–Trinajstić information content (AvgIpc) is 2.97. The summed E-state index contributed by atoms with van der Waals surface area (Å²) in [4.78, 5) is 2.00. The first-order valence-corrected chi connectivity index (χ1v) is 12.4. The summed E-state index contributed by atoms with van der Waals surface area (Å²) in [5, 5.41) is 0. The Hall–Kier alpha value is -1.23. The molecule has 1 N–H and O–H groups in total. The highest BCUT2D eigenvalue weighted by molar-refractivity contribution is 7.91. The van der Waals surface area contributed by atoms with E-state index in [1.165, 1.54) is 12.1 Å². The number of sulfone groups is 1. The summed E-state index contributed by atoms with van der Waals surface area (Å²) < 4.78 is 70.0. The van der Waals surface area contributed by atoms with E-state index in [0.29, 0.717) is 39.0 Å². The molecule has 2 saturated heterocycles. The van der Waals surface area contributed by atoms with Gasteiger partial charge in [0.25, 0.3) is 0 Å². The fourth-order valence-corrected chi connectivity index (χ4v) is 6.73. The van der Waals surface area contributed by atoms with Gasteiger partial charge in [-0.3, -0.25) is 4.90 Å². The molecule has 27 heavy (non-hydrogen) atoms. The van der Waals surface area contributed by atoms with E-state index in [9.17, 15) is 21.2 Å². The molecule has 0 spiro atoms. The third-order valence-corrected chi connectivity index (χ3v) is 8.36. The van der Waals surface area contributed by atoms with E-state index in [4.69, 9.17) is 4.74 Å². The van der Waals surface area contributed by atoms with Crippen molar-refractivity contribution in [3.8, 4) is 5.75 Å². The lowest BCUT2D eigenvalue weighted by atomic mass is 10.0. The number of benzene rings is 1. The number of piperidine rings is 1. The molecule has 0 unspecified atom stereocenters. The van der Waals surface area contributed by atoms with Crippen LogP contribution in [-0.4, -0.2) is 65.0 Å². The SMILES string of the molecule is CCOc1ccc(S(=O)(=O)NC2CCN([C@H]3CCS(=O)(=O)C3)CC2)cc1F. The number of nitrogens with zero attached hydrogens (tertiary/aromatic N) is 1. The van der Waals surface area contributed by atoms with Gasteiger partial charge in [-0.1, -0.05) is 0 Å². The van der Waals surface area contributed by atoms with E-state index < -0.39 is 25.7 Å². The summed E-state index contributed by atoms with van der Waals surface area (Å²) in [5.41, 5.74) is 0. The largest absolute Gasteiger partial charge is 0.491 e. The number of hydrogen-bond donors (Lipinski definition) is 1. The van der Waals surface area contributed by atoms with Gasteiger partial charge in [-0.25, -0.2) is 25.9 Å². The van der Waals surface area contributed by atoms with Crippen molar-refractivity contribution < 1.29 is 26.0 Å². The summed E-state index contributed by atoms with van der Waals surface area (Å²) in [5.74, 6) is -0.268. The monoisotopic (exact) mass is 420 g/mol. The lowest BCUT2D eigenvalue weighted by Gasteiger charge is -2.35. The molecule has 2 aliphatic rings. The Morgan fingerprint density at radius 3 is 2.52 bits per heavy atom. The standard InChI is InChI=1S/C17H25FN2O5S2/c1-2-25-17-4-3-15(11-16(17)18)27(23,24)19-13-5-8-20(9-6-13)14-7-10-26(21,22)12-14/h3-4,11,13-14,19H,2,5-10,12H2,1H3/t14-/m0/s1. The van der Waals surface area contributed by atoms with Crippen LogP contribution < -0.4 is 9.46 Å². The predicted octanol–water partition coefficient (Wildman–Crippen LogP) is 1.15. The zero-order valence-electron chi connectivity index (χ0n) is 15.2. The van der Waals surface area contributed by atoms with Crippen molar-refractivity contribution in [2.75, 3.05) is 31.2 Å². The van der Waals surface area contributed by atoms with E-state index in [1.54, 1.807) is 6.92 Å². The lowest BCUT2D eigenvalue weighted by Crippen LogP contribution is -2.48. The second kappa shape index (κ2) is 8.02. The van der Waals surface area contributed by atoms with Crippen LogP contribution in [0.1, 0.15) is 26.2 Å². The van der Waals surface area contributed by atoms with E-state index >= 15 is 0 Å². The number of halogens is 1. The maximum absolute atomic E-state index is 14.0. The summed E-state index contributed by atoms with van der Waals surface area (Å²) >= 11 is 0. The molecule has 0 bridgehead atoms. The number of likely N-dealkylation sites (tertiary alicyclic amines) is 1. The second-order valence-electron chi connectivity index (χ2n) is 7.01. The Balaban J connectivity index is 1.58. The average molecular weight is 421 g/mol.